The number of furan rings is 1. The molecule has 0 spiro atoms. The Bertz CT molecular complexity index is 649. The number of hydrogen-bond donors (Lipinski definition) is 0. The van der Waals surface area contributed by atoms with Crippen LogP contribution in [0.1, 0.15) is 12.7 Å². The van der Waals surface area contributed by atoms with Gasteiger partial charge < -0.3 is 14.1 Å². The predicted molar refractivity (Wildman–Crippen MR) is 87.1 cm³/mol. The molecule has 128 valence electrons. The number of piperazine rings is 1. The van der Waals surface area contributed by atoms with E-state index < -0.39 is 6.10 Å². The van der Waals surface area contributed by atoms with Crippen molar-refractivity contribution in [3.8, 4) is 5.75 Å². The number of carbonyl (C=O) groups is 1. The summed E-state index contributed by atoms with van der Waals surface area (Å²) in [7, 11) is 0. The minimum absolute atomic E-state index is 0.0445. The van der Waals surface area contributed by atoms with Gasteiger partial charge in [0.05, 0.1) is 12.8 Å². The van der Waals surface area contributed by atoms with Gasteiger partial charge >= 0.3 is 0 Å². The predicted octanol–water partition coefficient (Wildman–Crippen LogP) is 2.53. The van der Waals surface area contributed by atoms with E-state index in [0.717, 1.165) is 25.4 Å². The highest BCUT2D eigenvalue weighted by atomic mass is 19.1. The van der Waals surface area contributed by atoms with Gasteiger partial charge in [0.1, 0.15) is 17.3 Å². The highest BCUT2D eigenvalue weighted by Gasteiger charge is 2.26. The number of hydrogen-bond acceptors (Lipinski definition) is 4. The van der Waals surface area contributed by atoms with Gasteiger partial charge in [0.25, 0.3) is 5.91 Å². The van der Waals surface area contributed by atoms with Crippen molar-refractivity contribution in [2.45, 2.75) is 19.6 Å². The first-order chi connectivity index (χ1) is 11.6. The zero-order chi connectivity index (χ0) is 16.9. The summed E-state index contributed by atoms with van der Waals surface area (Å²) in [4.78, 5) is 16.6. The molecular formula is C18H21FN2O3. The van der Waals surface area contributed by atoms with Crippen LogP contribution in [0, 0.1) is 5.82 Å². The molecule has 24 heavy (non-hydrogen) atoms. The second kappa shape index (κ2) is 7.49. The van der Waals surface area contributed by atoms with Gasteiger partial charge in [0.2, 0.25) is 0 Å². The minimum atomic E-state index is -0.591. The van der Waals surface area contributed by atoms with Crippen molar-refractivity contribution in [1.29, 1.82) is 0 Å². The molecule has 0 saturated carbocycles. The fourth-order valence-electron chi connectivity index (χ4n) is 2.77. The van der Waals surface area contributed by atoms with Crippen molar-refractivity contribution < 1.29 is 18.3 Å². The van der Waals surface area contributed by atoms with E-state index in [9.17, 15) is 9.18 Å². The van der Waals surface area contributed by atoms with Crippen molar-refractivity contribution in [1.82, 2.24) is 9.80 Å². The summed E-state index contributed by atoms with van der Waals surface area (Å²) in [5, 5.41) is 0. The molecule has 1 aliphatic heterocycles. The lowest BCUT2D eigenvalue weighted by molar-refractivity contribution is -0.139. The average Bonchev–Trinajstić information content (AvgIpc) is 3.10. The van der Waals surface area contributed by atoms with E-state index >= 15 is 0 Å². The number of nitrogens with zero attached hydrogens (tertiary/aromatic N) is 2. The Morgan fingerprint density at radius 1 is 1.21 bits per heavy atom. The van der Waals surface area contributed by atoms with Gasteiger partial charge in [-0.3, -0.25) is 9.69 Å². The molecular weight excluding hydrogens is 311 g/mol. The Hall–Kier alpha value is -2.34. The molecule has 1 amide bonds. The monoisotopic (exact) mass is 332 g/mol. The topological polar surface area (TPSA) is 45.9 Å². The first-order valence-electron chi connectivity index (χ1n) is 8.07. The van der Waals surface area contributed by atoms with E-state index in [-0.39, 0.29) is 11.7 Å². The fourth-order valence-corrected chi connectivity index (χ4v) is 2.77. The van der Waals surface area contributed by atoms with Crippen molar-refractivity contribution in [2.75, 3.05) is 26.2 Å². The summed E-state index contributed by atoms with van der Waals surface area (Å²) in [5.74, 6) is 1.06. The third kappa shape index (κ3) is 4.14. The largest absolute Gasteiger partial charge is 0.481 e. The van der Waals surface area contributed by atoms with Crippen LogP contribution < -0.4 is 4.74 Å². The van der Waals surface area contributed by atoms with Crippen molar-refractivity contribution >= 4 is 5.91 Å². The smallest absolute Gasteiger partial charge is 0.263 e. The molecule has 6 heteroatoms. The third-order valence-corrected chi connectivity index (χ3v) is 4.12. The zero-order valence-electron chi connectivity index (χ0n) is 13.7. The van der Waals surface area contributed by atoms with Crippen LogP contribution in [0.2, 0.25) is 0 Å². The normalized spacial score (nSPS) is 16.8. The van der Waals surface area contributed by atoms with Crippen LogP contribution in [0.25, 0.3) is 0 Å². The highest BCUT2D eigenvalue weighted by molar-refractivity contribution is 5.81. The highest BCUT2D eigenvalue weighted by Crippen LogP contribution is 2.15. The van der Waals surface area contributed by atoms with Crippen LogP contribution in [0.15, 0.2) is 47.1 Å². The Morgan fingerprint density at radius 2 is 1.92 bits per heavy atom. The standard InChI is InChI=1S/C18H21FN2O3/c1-14(24-16-6-4-15(19)5-7-16)18(22)21-10-8-20(9-11-21)13-17-3-2-12-23-17/h2-7,12,14H,8-11,13H2,1H3/t14-/m0/s1. The Morgan fingerprint density at radius 3 is 2.54 bits per heavy atom. The van der Waals surface area contributed by atoms with Crippen LogP contribution in [0.3, 0.4) is 0 Å². The van der Waals surface area contributed by atoms with Gasteiger partial charge in [-0.05, 0) is 43.3 Å². The zero-order valence-corrected chi connectivity index (χ0v) is 13.7. The molecule has 0 radical (unpaired) electrons. The molecule has 1 aliphatic rings. The third-order valence-electron chi connectivity index (χ3n) is 4.12. The summed E-state index contributed by atoms with van der Waals surface area (Å²) in [6.07, 6.45) is 1.08. The Labute approximate surface area is 140 Å². The van der Waals surface area contributed by atoms with Crippen LogP contribution in [-0.4, -0.2) is 48.0 Å². The molecule has 3 rings (SSSR count). The van der Waals surface area contributed by atoms with Crippen LogP contribution in [0.5, 0.6) is 5.75 Å². The number of carbonyl (C=O) groups excluding carboxylic acids is 1. The molecule has 1 fully saturated rings. The Balaban J connectivity index is 1.48. The summed E-state index contributed by atoms with van der Waals surface area (Å²) >= 11 is 0. The minimum Gasteiger partial charge on any atom is -0.481 e. The molecule has 2 heterocycles. The van der Waals surface area contributed by atoms with Gasteiger partial charge in [-0.25, -0.2) is 4.39 Å². The number of amides is 1. The van der Waals surface area contributed by atoms with E-state index in [1.165, 1.54) is 24.3 Å². The van der Waals surface area contributed by atoms with E-state index in [2.05, 4.69) is 4.90 Å². The number of rotatable bonds is 5. The maximum atomic E-state index is 12.9. The summed E-state index contributed by atoms with van der Waals surface area (Å²) < 4.78 is 23.9. The lowest BCUT2D eigenvalue weighted by atomic mass is 10.2. The summed E-state index contributed by atoms with van der Waals surface area (Å²) in [6, 6.07) is 9.53. The van der Waals surface area contributed by atoms with Gasteiger partial charge in [0.15, 0.2) is 6.10 Å². The molecule has 0 aliphatic carbocycles. The van der Waals surface area contributed by atoms with Gasteiger partial charge in [-0.15, -0.1) is 0 Å². The first-order valence-corrected chi connectivity index (χ1v) is 8.07. The van der Waals surface area contributed by atoms with Gasteiger partial charge in [-0.2, -0.15) is 0 Å². The number of benzene rings is 1. The van der Waals surface area contributed by atoms with Gasteiger partial charge in [0, 0.05) is 26.2 Å². The fraction of sp³-hybridized carbons (Fsp3) is 0.389. The average molecular weight is 332 g/mol. The molecule has 0 bridgehead atoms. The molecule has 0 N–H and O–H groups in total. The van der Waals surface area contributed by atoms with Crippen LogP contribution in [-0.2, 0) is 11.3 Å². The lowest BCUT2D eigenvalue weighted by Crippen LogP contribution is -2.51. The second-order valence-corrected chi connectivity index (χ2v) is 5.89. The molecule has 1 saturated heterocycles. The molecule has 1 aromatic heterocycles. The first kappa shape index (κ1) is 16.5. The molecule has 5 nitrogen and oxygen atoms in total. The maximum absolute atomic E-state index is 12.9. The van der Waals surface area contributed by atoms with E-state index in [1.807, 2.05) is 17.0 Å². The SMILES string of the molecule is C[C@H](Oc1ccc(F)cc1)C(=O)N1CCN(Cc2ccco2)CC1. The van der Waals surface area contributed by atoms with Gasteiger partial charge in [-0.1, -0.05) is 0 Å². The number of ether oxygens (including phenoxy) is 1. The van der Waals surface area contributed by atoms with E-state index in [4.69, 9.17) is 9.15 Å². The summed E-state index contributed by atoms with van der Waals surface area (Å²) in [5.41, 5.74) is 0. The van der Waals surface area contributed by atoms with E-state index in [1.54, 1.807) is 13.2 Å². The molecule has 1 atom stereocenters. The van der Waals surface area contributed by atoms with Crippen molar-refractivity contribution in [3.63, 3.8) is 0 Å². The Kier molecular flexibility index (Phi) is 5.15. The molecule has 0 unspecified atom stereocenters. The summed E-state index contributed by atoms with van der Waals surface area (Å²) in [6.45, 7) is 5.41. The van der Waals surface area contributed by atoms with Crippen molar-refractivity contribution in [3.05, 3.63) is 54.2 Å². The van der Waals surface area contributed by atoms with E-state index in [0.29, 0.717) is 18.8 Å². The molecule has 1 aromatic carbocycles. The quantitative estimate of drug-likeness (QED) is 0.844. The number of halogens is 1. The lowest BCUT2D eigenvalue weighted by Gasteiger charge is -2.35. The van der Waals surface area contributed by atoms with Crippen molar-refractivity contribution in [2.24, 2.45) is 0 Å². The van der Waals surface area contributed by atoms with Crippen LogP contribution in [0.4, 0.5) is 4.39 Å². The second-order valence-electron chi connectivity index (χ2n) is 5.89. The van der Waals surface area contributed by atoms with Crippen LogP contribution >= 0.6 is 0 Å². The maximum Gasteiger partial charge on any atom is 0.263 e. The molecule has 2 aromatic rings.